The summed E-state index contributed by atoms with van der Waals surface area (Å²) in [5.41, 5.74) is 3.99. The number of aliphatic imine (C=N–C) groups is 1. The monoisotopic (exact) mass is 492 g/mol. The van der Waals surface area contributed by atoms with Crippen molar-refractivity contribution in [3.8, 4) is 0 Å². The van der Waals surface area contributed by atoms with Gasteiger partial charge in [0.05, 0.1) is 0 Å². The zero-order chi connectivity index (χ0) is 19.1. The SMILES string of the molecule is CN=C(NCC1CCN(c2ccccc2)C1)NCC(C)c1ccc(C)cc1.I. The second kappa shape index (κ2) is 11.3. The highest BCUT2D eigenvalue weighted by atomic mass is 127. The van der Waals surface area contributed by atoms with Crippen LogP contribution in [0.25, 0.3) is 0 Å². The Morgan fingerprint density at radius 3 is 2.50 bits per heavy atom. The van der Waals surface area contributed by atoms with Gasteiger partial charge in [-0.05, 0) is 42.9 Å². The number of nitrogens with one attached hydrogen (secondary N) is 2. The van der Waals surface area contributed by atoms with E-state index < -0.39 is 0 Å². The van der Waals surface area contributed by atoms with Gasteiger partial charge in [0.15, 0.2) is 5.96 Å². The van der Waals surface area contributed by atoms with Crippen LogP contribution >= 0.6 is 24.0 Å². The molecule has 2 unspecified atom stereocenters. The Morgan fingerprint density at radius 2 is 1.82 bits per heavy atom. The fourth-order valence-electron chi connectivity index (χ4n) is 3.60. The average Bonchev–Trinajstić information content (AvgIpc) is 3.18. The smallest absolute Gasteiger partial charge is 0.191 e. The fraction of sp³-hybridized carbons (Fsp3) is 0.435. The van der Waals surface area contributed by atoms with Crippen LogP contribution in [0.3, 0.4) is 0 Å². The Balaban J connectivity index is 0.00000280. The molecule has 4 nitrogen and oxygen atoms in total. The van der Waals surface area contributed by atoms with E-state index >= 15 is 0 Å². The Hall–Kier alpha value is -1.76. The number of halogens is 1. The molecule has 0 radical (unpaired) electrons. The number of guanidine groups is 1. The van der Waals surface area contributed by atoms with Crippen molar-refractivity contribution in [2.75, 3.05) is 38.1 Å². The zero-order valence-electron chi connectivity index (χ0n) is 17.2. The van der Waals surface area contributed by atoms with Crippen molar-refractivity contribution < 1.29 is 0 Å². The highest BCUT2D eigenvalue weighted by Crippen LogP contribution is 2.23. The van der Waals surface area contributed by atoms with Crippen LogP contribution in [0.1, 0.15) is 30.4 Å². The fourth-order valence-corrected chi connectivity index (χ4v) is 3.60. The lowest BCUT2D eigenvalue weighted by Crippen LogP contribution is -2.41. The van der Waals surface area contributed by atoms with Gasteiger partial charge in [-0.1, -0.05) is 55.0 Å². The van der Waals surface area contributed by atoms with E-state index in [-0.39, 0.29) is 24.0 Å². The minimum atomic E-state index is 0. The summed E-state index contributed by atoms with van der Waals surface area (Å²) in [5, 5.41) is 6.99. The van der Waals surface area contributed by atoms with E-state index in [1.54, 1.807) is 0 Å². The van der Waals surface area contributed by atoms with Gasteiger partial charge in [0, 0.05) is 38.9 Å². The van der Waals surface area contributed by atoms with Crippen LogP contribution in [0.5, 0.6) is 0 Å². The number of para-hydroxylation sites is 1. The van der Waals surface area contributed by atoms with E-state index in [0.717, 1.165) is 32.1 Å². The van der Waals surface area contributed by atoms with Crippen LogP contribution in [-0.4, -0.2) is 39.2 Å². The number of aryl methyl sites for hydroxylation is 1. The molecule has 0 aliphatic carbocycles. The van der Waals surface area contributed by atoms with Gasteiger partial charge in [0.25, 0.3) is 0 Å². The molecule has 1 saturated heterocycles. The molecule has 0 amide bonds. The third-order valence-corrected chi connectivity index (χ3v) is 5.41. The molecule has 2 atom stereocenters. The summed E-state index contributed by atoms with van der Waals surface area (Å²) in [6.07, 6.45) is 1.22. The van der Waals surface area contributed by atoms with Crippen LogP contribution in [0, 0.1) is 12.8 Å². The minimum Gasteiger partial charge on any atom is -0.371 e. The number of nitrogens with zero attached hydrogens (tertiary/aromatic N) is 2. The Kier molecular flexibility index (Phi) is 9.09. The van der Waals surface area contributed by atoms with Gasteiger partial charge in [-0.3, -0.25) is 4.99 Å². The Bertz CT molecular complexity index is 730. The van der Waals surface area contributed by atoms with Crippen molar-refractivity contribution in [2.45, 2.75) is 26.2 Å². The first-order valence-corrected chi connectivity index (χ1v) is 9.97. The van der Waals surface area contributed by atoms with Crippen molar-refractivity contribution in [3.63, 3.8) is 0 Å². The van der Waals surface area contributed by atoms with E-state index in [4.69, 9.17) is 0 Å². The van der Waals surface area contributed by atoms with Crippen LogP contribution < -0.4 is 15.5 Å². The molecule has 5 heteroatoms. The van der Waals surface area contributed by atoms with Crippen LogP contribution in [0.4, 0.5) is 5.69 Å². The molecule has 152 valence electrons. The highest BCUT2D eigenvalue weighted by Gasteiger charge is 2.22. The maximum atomic E-state index is 4.39. The molecule has 3 rings (SSSR count). The molecule has 0 spiro atoms. The van der Waals surface area contributed by atoms with E-state index in [0.29, 0.717) is 11.8 Å². The number of benzene rings is 2. The summed E-state index contributed by atoms with van der Waals surface area (Å²) in [4.78, 5) is 6.86. The van der Waals surface area contributed by atoms with Gasteiger partial charge in [0.2, 0.25) is 0 Å². The quantitative estimate of drug-likeness (QED) is 0.357. The predicted molar refractivity (Wildman–Crippen MR) is 131 cm³/mol. The van der Waals surface area contributed by atoms with Crippen LogP contribution in [0.2, 0.25) is 0 Å². The molecule has 28 heavy (non-hydrogen) atoms. The summed E-state index contributed by atoms with van der Waals surface area (Å²) in [6.45, 7) is 8.45. The summed E-state index contributed by atoms with van der Waals surface area (Å²) < 4.78 is 0. The molecule has 1 aliphatic heterocycles. The molecule has 1 aliphatic rings. The second-order valence-electron chi connectivity index (χ2n) is 7.58. The maximum absolute atomic E-state index is 4.39. The van der Waals surface area contributed by atoms with E-state index in [2.05, 4.69) is 89.0 Å². The van der Waals surface area contributed by atoms with Crippen LogP contribution in [0.15, 0.2) is 59.6 Å². The predicted octanol–water partition coefficient (Wildman–Crippen LogP) is 4.41. The van der Waals surface area contributed by atoms with Gasteiger partial charge >= 0.3 is 0 Å². The third-order valence-electron chi connectivity index (χ3n) is 5.41. The minimum absolute atomic E-state index is 0. The molecular weight excluding hydrogens is 459 g/mol. The van der Waals surface area contributed by atoms with Gasteiger partial charge in [-0.15, -0.1) is 24.0 Å². The molecule has 1 heterocycles. The lowest BCUT2D eigenvalue weighted by Gasteiger charge is -2.20. The largest absolute Gasteiger partial charge is 0.371 e. The van der Waals surface area contributed by atoms with Crippen molar-refractivity contribution in [3.05, 3.63) is 65.7 Å². The first kappa shape index (κ1) is 22.5. The van der Waals surface area contributed by atoms with Crippen molar-refractivity contribution in [1.82, 2.24) is 10.6 Å². The van der Waals surface area contributed by atoms with Gasteiger partial charge in [0.1, 0.15) is 0 Å². The Labute approximate surface area is 186 Å². The normalized spacial score (nSPS) is 17.8. The first-order valence-electron chi connectivity index (χ1n) is 9.97. The number of anilines is 1. The van der Waals surface area contributed by atoms with Gasteiger partial charge in [-0.25, -0.2) is 0 Å². The van der Waals surface area contributed by atoms with E-state index in [1.807, 2.05) is 7.05 Å². The van der Waals surface area contributed by atoms with Crippen molar-refractivity contribution in [1.29, 1.82) is 0 Å². The zero-order valence-corrected chi connectivity index (χ0v) is 19.5. The summed E-state index contributed by atoms with van der Waals surface area (Å²) >= 11 is 0. The lowest BCUT2D eigenvalue weighted by atomic mass is 10.0. The number of hydrogen-bond acceptors (Lipinski definition) is 2. The lowest BCUT2D eigenvalue weighted by molar-refractivity contribution is 0.563. The molecular formula is C23H33IN4. The van der Waals surface area contributed by atoms with Gasteiger partial charge in [-0.2, -0.15) is 0 Å². The van der Waals surface area contributed by atoms with Gasteiger partial charge < -0.3 is 15.5 Å². The van der Waals surface area contributed by atoms with Crippen molar-refractivity contribution in [2.24, 2.45) is 10.9 Å². The molecule has 0 aromatic heterocycles. The molecule has 0 bridgehead atoms. The second-order valence-corrected chi connectivity index (χ2v) is 7.58. The standard InChI is InChI=1S/C23H32N4.HI/c1-18-9-11-21(12-10-18)19(2)15-25-23(24-3)26-16-20-13-14-27(17-20)22-7-5-4-6-8-22;/h4-12,19-20H,13-17H2,1-3H3,(H2,24,25,26);1H. The van der Waals surface area contributed by atoms with E-state index in [1.165, 1.54) is 23.2 Å². The van der Waals surface area contributed by atoms with Crippen LogP contribution in [-0.2, 0) is 0 Å². The summed E-state index contributed by atoms with van der Waals surface area (Å²) in [6, 6.07) is 19.5. The van der Waals surface area contributed by atoms with E-state index in [9.17, 15) is 0 Å². The average molecular weight is 492 g/mol. The highest BCUT2D eigenvalue weighted by molar-refractivity contribution is 14.0. The van der Waals surface area contributed by atoms with Crippen molar-refractivity contribution >= 4 is 35.6 Å². The number of hydrogen-bond donors (Lipinski definition) is 2. The first-order chi connectivity index (χ1) is 13.2. The molecule has 1 fully saturated rings. The Morgan fingerprint density at radius 1 is 1.11 bits per heavy atom. The summed E-state index contributed by atoms with van der Waals surface area (Å²) in [7, 11) is 1.84. The maximum Gasteiger partial charge on any atom is 0.191 e. The topological polar surface area (TPSA) is 39.7 Å². The molecule has 2 aromatic rings. The molecule has 2 N–H and O–H groups in total. The third kappa shape index (κ3) is 6.40. The molecule has 2 aromatic carbocycles. The number of rotatable bonds is 6. The summed E-state index contributed by atoms with van der Waals surface area (Å²) in [5.74, 6) is 2.00. The molecule has 0 saturated carbocycles.